The monoisotopic (exact) mass is 368 g/mol. The second kappa shape index (κ2) is 6.11. The van der Waals surface area contributed by atoms with Crippen LogP contribution in [-0.2, 0) is 6.18 Å². The minimum Gasteiger partial charge on any atom is -0.496 e. The highest BCUT2D eigenvalue weighted by Crippen LogP contribution is 2.39. The van der Waals surface area contributed by atoms with Gasteiger partial charge in [0.1, 0.15) is 11.3 Å². The van der Waals surface area contributed by atoms with Crippen LogP contribution in [0.15, 0.2) is 45.6 Å². The second-order valence-corrected chi connectivity index (χ2v) is 5.85. The molecule has 3 nitrogen and oxygen atoms in total. The fraction of sp³-hybridized carbons (Fsp3) is 0.167. The lowest BCUT2D eigenvalue weighted by Crippen LogP contribution is -2.16. The molecule has 0 aliphatic heterocycles. The van der Waals surface area contributed by atoms with Crippen molar-refractivity contribution in [1.29, 1.82) is 0 Å². The molecule has 3 rings (SSSR count). The third kappa shape index (κ3) is 2.98. The zero-order chi connectivity index (χ0) is 18.4. The standard InChI is InChI=1S/C18H12ClF3O3/c1-9-13(24-2)8-7-12-15(23)14(10-3-5-11(19)6-4-10)17(18(20,21)22)25-16(9)12/h3-8H,1-2H3. The van der Waals surface area contributed by atoms with E-state index in [0.29, 0.717) is 16.3 Å². The van der Waals surface area contributed by atoms with E-state index in [1.807, 2.05) is 0 Å². The van der Waals surface area contributed by atoms with Crippen LogP contribution < -0.4 is 10.2 Å². The number of methoxy groups -OCH3 is 1. The van der Waals surface area contributed by atoms with E-state index in [1.54, 1.807) is 0 Å². The zero-order valence-electron chi connectivity index (χ0n) is 13.2. The summed E-state index contributed by atoms with van der Waals surface area (Å²) in [6.45, 7) is 1.53. The van der Waals surface area contributed by atoms with E-state index in [1.165, 1.54) is 50.4 Å². The van der Waals surface area contributed by atoms with Crippen molar-refractivity contribution in [3.05, 3.63) is 63.0 Å². The normalized spacial score (nSPS) is 11.8. The van der Waals surface area contributed by atoms with Crippen molar-refractivity contribution in [3.63, 3.8) is 0 Å². The van der Waals surface area contributed by atoms with Gasteiger partial charge in [0.25, 0.3) is 0 Å². The summed E-state index contributed by atoms with van der Waals surface area (Å²) in [6.07, 6.45) is -4.84. The second-order valence-electron chi connectivity index (χ2n) is 5.41. The van der Waals surface area contributed by atoms with E-state index in [9.17, 15) is 18.0 Å². The van der Waals surface area contributed by atoms with Crippen LogP contribution in [0.2, 0.25) is 5.02 Å². The molecule has 0 unspecified atom stereocenters. The van der Waals surface area contributed by atoms with Crippen molar-refractivity contribution in [2.45, 2.75) is 13.1 Å². The minimum absolute atomic E-state index is 0.0521. The molecule has 25 heavy (non-hydrogen) atoms. The summed E-state index contributed by atoms with van der Waals surface area (Å²) in [5.41, 5.74) is -1.04. The molecule has 0 radical (unpaired) electrons. The van der Waals surface area contributed by atoms with E-state index in [2.05, 4.69) is 0 Å². The lowest BCUT2D eigenvalue weighted by Gasteiger charge is -2.14. The smallest absolute Gasteiger partial charge is 0.450 e. The topological polar surface area (TPSA) is 39.4 Å². The number of ether oxygens (including phenoxy) is 1. The highest BCUT2D eigenvalue weighted by atomic mass is 35.5. The Kier molecular flexibility index (Phi) is 4.24. The van der Waals surface area contributed by atoms with Crippen molar-refractivity contribution in [2.75, 3.05) is 7.11 Å². The predicted octanol–water partition coefficient (Wildman–Crippen LogP) is 5.45. The van der Waals surface area contributed by atoms with Crippen LogP contribution in [0.25, 0.3) is 22.1 Å². The number of benzene rings is 2. The molecule has 7 heteroatoms. The van der Waals surface area contributed by atoms with Gasteiger partial charge < -0.3 is 9.15 Å². The Morgan fingerprint density at radius 3 is 2.28 bits per heavy atom. The predicted molar refractivity (Wildman–Crippen MR) is 89.2 cm³/mol. The lowest BCUT2D eigenvalue weighted by atomic mass is 10.0. The molecule has 0 saturated heterocycles. The van der Waals surface area contributed by atoms with Gasteiger partial charge in [-0.25, -0.2) is 0 Å². The number of hydrogen-bond acceptors (Lipinski definition) is 3. The number of halogens is 4. The fourth-order valence-electron chi connectivity index (χ4n) is 2.67. The Labute approximate surface area is 145 Å². The summed E-state index contributed by atoms with van der Waals surface area (Å²) in [7, 11) is 1.39. The van der Waals surface area contributed by atoms with E-state index in [-0.39, 0.29) is 16.5 Å². The Hall–Kier alpha value is -2.47. The third-order valence-corrected chi connectivity index (χ3v) is 4.12. The Bertz CT molecular complexity index is 1010. The molecule has 1 heterocycles. The lowest BCUT2D eigenvalue weighted by molar-refractivity contribution is -0.152. The van der Waals surface area contributed by atoms with Gasteiger partial charge in [0, 0.05) is 10.6 Å². The van der Waals surface area contributed by atoms with Gasteiger partial charge >= 0.3 is 6.18 Å². The van der Waals surface area contributed by atoms with Crippen molar-refractivity contribution < 1.29 is 22.3 Å². The van der Waals surface area contributed by atoms with Crippen LogP contribution in [0, 0.1) is 6.92 Å². The molecule has 0 bridgehead atoms. The molecule has 0 spiro atoms. The van der Waals surface area contributed by atoms with Gasteiger partial charge in [0.15, 0.2) is 0 Å². The zero-order valence-corrected chi connectivity index (χ0v) is 14.0. The van der Waals surface area contributed by atoms with Crippen molar-refractivity contribution in [2.24, 2.45) is 0 Å². The Morgan fingerprint density at radius 1 is 1.08 bits per heavy atom. The first-order valence-electron chi connectivity index (χ1n) is 7.21. The summed E-state index contributed by atoms with van der Waals surface area (Å²) in [5, 5.41) is 0.402. The molecule has 1 aromatic heterocycles. The van der Waals surface area contributed by atoms with Crippen LogP contribution in [0.5, 0.6) is 5.75 Å². The summed E-state index contributed by atoms with van der Waals surface area (Å²) >= 11 is 5.78. The molecule has 0 amide bonds. The maximum Gasteiger partial charge on any atom is 0.450 e. The van der Waals surface area contributed by atoms with Gasteiger partial charge in [-0.05, 0) is 36.8 Å². The fourth-order valence-corrected chi connectivity index (χ4v) is 2.80. The highest BCUT2D eigenvalue weighted by molar-refractivity contribution is 6.30. The first-order valence-corrected chi connectivity index (χ1v) is 7.59. The average Bonchev–Trinajstić information content (AvgIpc) is 2.55. The van der Waals surface area contributed by atoms with E-state index >= 15 is 0 Å². The molecule has 130 valence electrons. The quantitative estimate of drug-likeness (QED) is 0.604. The molecule has 0 fully saturated rings. The SMILES string of the molecule is COc1ccc2c(=O)c(-c3ccc(Cl)cc3)c(C(F)(F)F)oc2c1C. The maximum atomic E-state index is 13.5. The average molecular weight is 369 g/mol. The number of hydrogen-bond donors (Lipinski definition) is 0. The highest BCUT2D eigenvalue weighted by Gasteiger charge is 2.39. The molecule has 2 aromatic carbocycles. The maximum absolute atomic E-state index is 13.5. The van der Waals surface area contributed by atoms with E-state index in [0.717, 1.165) is 0 Å². The van der Waals surface area contributed by atoms with Gasteiger partial charge in [-0.15, -0.1) is 0 Å². The summed E-state index contributed by atoms with van der Waals surface area (Å²) in [4.78, 5) is 12.8. The van der Waals surface area contributed by atoms with Crippen molar-refractivity contribution in [1.82, 2.24) is 0 Å². The summed E-state index contributed by atoms with van der Waals surface area (Å²) in [5.74, 6) is -1.01. The molecule has 0 saturated carbocycles. The first-order chi connectivity index (χ1) is 11.7. The largest absolute Gasteiger partial charge is 0.496 e. The van der Waals surface area contributed by atoms with Crippen LogP contribution in [-0.4, -0.2) is 7.11 Å². The molecule has 0 atom stereocenters. The number of fused-ring (bicyclic) bond motifs is 1. The molecular formula is C18H12ClF3O3. The summed E-state index contributed by atoms with van der Waals surface area (Å²) < 4.78 is 50.9. The van der Waals surface area contributed by atoms with Gasteiger partial charge in [0.05, 0.1) is 18.1 Å². The molecule has 0 N–H and O–H groups in total. The molecule has 3 aromatic rings. The number of alkyl halides is 3. The summed E-state index contributed by atoms with van der Waals surface area (Å²) in [6, 6.07) is 8.46. The molecular weight excluding hydrogens is 357 g/mol. The number of rotatable bonds is 2. The van der Waals surface area contributed by atoms with Gasteiger partial charge in [-0.2, -0.15) is 13.2 Å². The van der Waals surface area contributed by atoms with Gasteiger partial charge in [0.2, 0.25) is 11.2 Å². The van der Waals surface area contributed by atoms with Crippen molar-refractivity contribution in [3.8, 4) is 16.9 Å². The molecule has 0 aliphatic rings. The van der Waals surface area contributed by atoms with Crippen molar-refractivity contribution >= 4 is 22.6 Å². The van der Waals surface area contributed by atoms with Crippen LogP contribution >= 0.6 is 11.6 Å². The Morgan fingerprint density at radius 2 is 1.72 bits per heavy atom. The van der Waals surface area contributed by atoms with Crippen LogP contribution in [0.1, 0.15) is 11.3 Å². The van der Waals surface area contributed by atoms with Gasteiger partial charge in [-0.1, -0.05) is 23.7 Å². The van der Waals surface area contributed by atoms with Crippen LogP contribution in [0.3, 0.4) is 0 Å². The Balaban J connectivity index is 2.45. The van der Waals surface area contributed by atoms with Crippen LogP contribution in [0.4, 0.5) is 13.2 Å². The minimum atomic E-state index is -4.84. The first kappa shape index (κ1) is 17.4. The van der Waals surface area contributed by atoms with E-state index < -0.39 is 22.9 Å². The van der Waals surface area contributed by atoms with Gasteiger partial charge in [-0.3, -0.25) is 4.79 Å². The van der Waals surface area contributed by atoms with E-state index in [4.69, 9.17) is 20.8 Å². The third-order valence-electron chi connectivity index (χ3n) is 3.87. The molecule has 0 aliphatic carbocycles. The number of aryl methyl sites for hydroxylation is 1.